The van der Waals surface area contributed by atoms with Crippen molar-refractivity contribution in [2.24, 2.45) is 0 Å². The van der Waals surface area contributed by atoms with Crippen molar-refractivity contribution in [3.05, 3.63) is 11.8 Å². The molecule has 0 saturated carbocycles. The molecule has 0 atom stereocenters. The zero-order chi connectivity index (χ0) is 8.65. The van der Waals surface area contributed by atoms with E-state index in [1.807, 2.05) is 20.2 Å². The van der Waals surface area contributed by atoms with Gasteiger partial charge in [-0.05, 0) is 0 Å². The van der Waals surface area contributed by atoms with Crippen molar-refractivity contribution in [2.75, 3.05) is 14.1 Å². The first-order valence-corrected chi connectivity index (χ1v) is 4.20. The normalized spacial score (nSPS) is 21.8. The summed E-state index contributed by atoms with van der Waals surface area (Å²) in [6, 6.07) is 0. The standard InChI is InChI=1S/C8H13NO.Cr/c1-8(2)7(9(3)4)5-6-10-8;/h5H,1-4H3;. The molecule has 0 aliphatic carbocycles. The van der Waals surface area contributed by atoms with Gasteiger partial charge >= 0.3 is 75.4 Å². The van der Waals surface area contributed by atoms with Crippen molar-refractivity contribution >= 4 is 4.57 Å². The summed E-state index contributed by atoms with van der Waals surface area (Å²) in [4.78, 5) is 2.07. The van der Waals surface area contributed by atoms with E-state index < -0.39 is 0 Å². The molecule has 1 aliphatic heterocycles. The predicted molar refractivity (Wildman–Crippen MR) is 41.9 cm³/mol. The van der Waals surface area contributed by atoms with E-state index >= 15 is 0 Å². The Balaban J connectivity index is 2.92. The second-order valence-corrected chi connectivity index (χ2v) is 3.98. The van der Waals surface area contributed by atoms with Crippen LogP contribution in [0.25, 0.3) is 0 Å². The fourth-order valence-corrected chi connectivity index (χ4v) is 1.79. The predicted octanol–water partition coefficient (Wildman–Crippen LogP) is 0.917. The average molecular weight is 191 g/mol. The molecule has 0 N–H and O–H groups in total. The van der Waals surface area contributed by atoms with E-state index in [1.54, 1.807) is 0 Å². The van der Waals surface area contributed by atoms with Crippen LogP contribution in [0.5, 0.6) is 0 Å². The SMILES string of the molecule is CN(C)C1=C[C](=[Cr])OC1(C)C. The first kappa shape index (κ1) is 8.99. The van der Waals surface area contributed by atoms with Crippen LogP contribution in [-0.4, -0.2) is 29.2 Å². The quantitative estimate of drug-likeness (QED) is 0.611. The number of hydrogen-bond donors (Lipinski definition) is 0. The van der Waals surface area contributed by atoms with Crippen LogP contribution < -0.4 is 0 Å². The zero-order valence-electron chi connectivity index (χ0n) is 7.34. The molecule has 3 heteroatoms. The van der Waals surface area contributed by atoms with Crippen LogP contribution in [0, 0.1) is 0 Å². The maximum atomic E-state index is 5.55. The Morgan fingerprint density at radius 2 is 2.00 bits per heavy atom. The maximum absolute atomic E-state index is 5.55. The van der Waals surface area contributed by atoms with Gasteiger partial charge in [-0.3, -0.25) is 0 Å². The minimum absolute atomic E-state index is 0.177. The van der Waals surface area contributed by atoms with Gasteiger partial charge in [0.25, 0.3) is 0 Å². The molecule has 1 aliphatic rings. The zero-order valence-corrected chi connectivity index (χ0v) is 8.62. The van der Waals surface area contributed by atoms with Gasteiger partial charge in [-0.2, -0.15) is 0 Å². The summed E-state index contributed by atoms with van der Waals surface area (Å²) in [6.45, 7) is 4.12. The molecule has 1 heterocycles. The van der Waals surface area contributed by atoms with E-state index in [0.29, 0.717) is 0 Å². The van der Waals surface area contributed by atoms with E-state index in [2.05, 4.69) is 34.6 Å². The van der Waals surface area contributed by atoms with E-state index in [4.69, 9.17) is 4.74 Å². The van der Waals surface area contributed by atoms with Gasteiger partial charge in [0.2, 0.25) is 0 Å². The van der Waals surface area contributed by atoms with Gasteiger partial charge in [0.05, 0.1) is 0 Å². The van der Waals surface area contributed by atoms with Gasteiger partial charge in [-0.1, -0.05) is 0 Å². The number of hydrogen-bond acceptors (Lipinski definition) is 2. The molecule has 11 heavy (non-hydrogen) atoms. The Hall–Kier alpha value is -0.0975. The van der Waals surface area contributed by atoms with Crippen molar-refractivity contribution in [2.45, 2.75) is 19.4 Å². The van der Waals surface area contributed by atoms with Crippen LogP contribution in [0.4, 0.5) is 0 Å². The molecule has 0 aromatic rings. The van der Waals surface area contributed by atoms with Crippen molar-refractivity contribution < 1.29 is 20.6 Å². The molecule has 0 unspecified atom stereocenters. The molecule has 0 saturated heterocycles. The summed E-state index contributed by atoms with van der Waals surface area (Å²) in [5.41, 5.74) is 1.02. The summed E-state index contributed by atoms with van der Waals surface area (Å²) in [6.07, 6.45) is 2.03. The molecule has 62 valence electrons. The summed E-state index contributed by atoms with van der Waals surface area (Å²) in [5.74, 6) is 0. The minimum atomic E-state index is -0.177. The molecule has 0 spiro atoms. The Morgan fingerprint density at radius 1 is 1.45 bits per heavy atom. The van der Waals surface area contributed by atoms with Gasteiger partial charge < -0.3 is 0 Å². The van der Waals surface area contributed by atoms with Crippen molar-refractivity contribution in [1.82, 2.24) is 4.90 Å². The summed E-state index contributed by atoms with van der Waals surface area (Å²) >= 11 is 2.87. The van der Waals surface area contributed by atoms with Crippen molar-refractivity contribution in [1.29, 1.82) is 0 Å². The fourth-order valence-electron chi connectivity index (χ4n) is 1.29. The average Bonchev–Trinajstić information content (AvgIpc) is 2.04. The van der Waals surface area contributed by atoms with Gasteiger partial charge in [0, 0.05) is 0 Å². The van der Waals surface area contributed by atoms with Crippen LogP contribution in [0.2, 0.25) is 0 Å². The third kappa shape index (κ3) is 1.73. The molecule has 0 fully saturated rings. The third-order valence-corrected chi connectivity index (χ3v) is 2.02. The molecule has 0 aromatic heterocycles. The van der Waals surface area contributed by atoms with E-state index in [1.165, 1.54) is 5.70 Å². The summed E-state index contributed by atoms with van der Waals surface area (Å²) < 4.78 is 6.42. The van der Waals surface area contributed by atoms with Gasteiger partial charge in [0.15, 0.2) is 0 Å². The Morgan fingerprint density at radius 3 is 2.18 bits per heavy atom. The monoisotopic (exact) mass is 191 g/mol. The second-order valence-electron chi connectivity index (χ2n) is 3.36. The van der Waals surface area contributed by atoms with Crippen LogP contribution in [0.1, 0.15) is 13.8 Å². The van der Waals surface area contributed by atoms with Gasteiger partial charge in [0.1, 0.15) is 0 Å². The molecular formula is C8H13CrNO. The van der Waals surface area contributed by atoms with E-state index in [0.717, 1.165) is 4.57 Å². The van der Waals surface area contributed by atoms with E-state index in [9.17, 15) is 0 Å². The molecule has 1 rings (SSSR count). The molecule has 0 aromatic carbocycles. The Kier molecular flexibility index (Phi) is 2.25. The Bertz CT molecular complexity index is 218. The van der Waals surface area contributed by atoms with Crippen molar-refractivity contribution in [3.8, 4) is 0 Å². The number of nitrogens with zero attached hydrogens (tertiary/aromatic N) is 1. The number of ether oxygens (including phenoxy) is 1. The second kappa shape index (κ2) is 2.75. The number of likely N-dealkylation sites (N-methyl/N-ethyl adjacent to an activating group) is 1. The molecule has 0 radical (unpaired) electrons. The first-order chi connectivity index (χ1) is 4.93. The molecular weight excluding hydrogens is 178 g/mol. The van der Waals surface area contributed by atoms with Gasteiger partial charge in [-0.15, -0.1) is 0 Å². The van der Waals surface area contributed by atoms with Crippen LogP contribution >= 0.6 is 0 Å². The fraction of sp³-hybridized carbons (Fsp3) is 0.625. The summed E-state index contributed by atoms with van der Waals surface area (Å²) in [7, 11) is 4.05. The Labute approximate surface area is 75.8 Å². The summed E-state index contributed by atoms with van der Waals surface area (Å²) in [5, 5.41) is 0. The molecule has 0 bridgehead atoms. The van der Waals surface area contributed by atoms with Crippen LogP contribution in [0.3, 0.4) is 0 Å². The third-order valence-electron chi connectivity index (χ3n) is 1.71. The van der Waals surface area contributed by atoms with E-state index in [-0.39, 0.29) is 5.60 Å². The number of rotatable bonds is 1. The topological polar surface area (TPSA) is 12.5 Å². The van der Waals surface area contributed by atoms with Gasteiger partial charge in [-0.25, -0.2) is 0 Å². The molecule has 2 nitrogen and oxygen atoms in total. The van der Waals surface area contributed by atoms with Crippen molar-refractivity contribution in [3.63, 3.8) is 0 Å². The van der Waals surface area contributed by atoms with Crippen LogP contribution in [0.15, 0.2) is 11.8 Å². The first-order valence-electron chi connectivity index (χ1n) is 3.56. The van der Waals surface area contributed by atoms with Crippen LogP contribution in [-0.2, 0) is 20.6 Å². The molecule has 0 amide bonds.